The first kappa shape index (κ1) is 27.4. The van der Waals surface area contributed by atoms with Crippen molar-refractivity contribution >= 4 is 32.1 Å². The molecule has 0 bridgehead atoms. The van der Waals surface area contributed by atoms with Crippen molar-refractivity contribution in [2.24, 2.45) is 5.16 Å². The van der Waals surface area contributed by atoms with E-state index in [0.717, 1.165) is 44.3 Å². The van der Waals surface area contributed by atoms with Crippen molar-refractivity contribution in [3.8, 4) is 11.4 Å². The van der Waals surface area contributed by atoms with Gasteiger partial charge in [0, 0.05) is 11.6 Å². The third kappa shape index (κ3) is 6.53. The van der Waals surface area contributed by atoms with Crippen LogP contribution in [0, 0.1) is 13.8 Å². The molecule has 0 spiro atoms. The van der Waals surface area contributed by atoms with Gasteiger partial charge >= 0.3 is 128 Å². The van der Waals surface area contributed by atoms with Crippen LogP contribution in [0.25, 0.3) is 22.3 Å². The van der Waals surface area contributed by atoms with Gasteiger partial charge in [0.05, 0.1) is 22.5 Å². The summed E-state index contributed by atoms with van der Waals surface area (Å²) < 4.78 is 3.19. The quantitative estimate of drug-likeness (QED) is 0.226. The van der Waals surface area contributed by atoms with Crippen LogP contribution in [-0.2, 0) is 4.84 Å². The van der Waals surface area contributed by atoms with Crippen LogP contribution >= 0.6 is 0 Å². The molecule has 3 heterocycles. The summed E-state index contributed by atoms with van der Waals surface area (Å²) >= 11 is -0.171. The molecule has 0 saturated heterocycles. The van der Waals surface area contributed by atoms with Gasteiger partial charge in [0.15, 0.2) is 0 Å². The Hall–Kier alpha value is -4.12. The van der Waals surface area contributed by atoms with Crippen LogP contribution in [0.2, 0.25) is 0 Å². The standard InChI is InChI=1S/C31H29IN5O3/c1-19-15-20(2)29-25(16-19)26(17-28(36-29)27-8-4-5-13-33-27)31(39)35-23-11-9-22(10-12-23)30(38)34-14-6-7-24-18-32-21(3)37-40-24/h4-5,8-13,15-18H,6-7,14H2,1-3H3,(H,34,38)(H,35,39)/q-1. The number of hydrogen-bond donors (Lipinski definition) is 2. The number of hydrogen-bond acceptors (Lipinski definition) is 6. The van der Waals surface area contributed by atoms with Gasteiger partial charge in [0.1, 0.15) is 0 Å². The van der Waals surface area contributed by atoms with E-state index in [1.807, 2.05) is 45.0 Å². The van der Waals surface area contributed by atoms with Gasteiger partial charge in [0.2, 0.25) is 0 Å². The molecule has 8 nitrogen and oxygen atoms in total. The molecule has 0 unspecified atom stereocenters. The van der Waals surface area contributed by atoms with Crippen molar-refractivity contribution in [3.63, 3.8) is 0 Å². The predicted molar refractivity (Wildman–Crippen MR) is 153 cm³/mol. The van der Waals surface area contributed by atoms with E-state index in [2.05, 4.69) is 30.9 Å². The minimum absolute atomic E-state index is 0.163. The van der Waals surface area contributed by atoms with Crippen LogP contribution in [0.3, 0.4) is 0 Å². The molecule has 9 heteroatoms. The molecular formula is C31H29IN5O3-. The first-order valence-corrected chi connectivity index (χ1v) is 15.3. The number of carbonyl (C=O) groups excluding carboxylic acids is 2. The summed E-state index contributed by atoms with van der Waals surface area (Å²) in [5.74, 6) is 0.462. The molecule has 0 radical (unpaired) electrons. The number of pyridine rings is 2. The molecule has 2 aromatic heterocycles. The first-order valence-electron chi connectivity index (χ1n) is 12.9. The monoisotopic (exact) mass is 646 g/mol. The number of oxime groups is 1. The molecule has 204 valence electrons. The van der Waals surface area contributed by atoms with Crippen LogP contribution in [0.5, 0.6) is 0 Å². The molecule has 2 aromatic carbocycles. The zero-order valence-corrected chi connectivity index (χ0v) is 24.7. The van der Waals surface area contributed by atoms with Crippen LogP contribution < -0.4 is 31.8 Å². The number of allylic oxidation sites excluding steroid dienone is 1. The van der Waals surface area contributed by atoms with Crippen LogP contribution in [-0.4, -0.2) is 32.0 Å². The number of rotatable bonds is 8. The molecule has 0 fully saturated rings. The summed E-state index contributed by atoms with van der Waals surface area (Å²) in [5.41, 5.74) is 5.77. The maximum atomic E-state index is 13.5. The number of aryl methyl sites for hydroxylation is 2. The van der Waals surface area contributed by atoms with Crippen LogP contribution in [0.1, 0.15) is 51.6 Å². The second kappa shape index (κ2) is 12.4. The molecule has 5 rings (SSSR count). The van der Waals surface area contributed by atoms with E-state index < -0.39 is 0 Å². The number of halogens is 1. The van der Waals surface area contributed by atoms with E-state index in [1.54, 1.807) is 36.5 Å². The van der Waals surface area contributed by atoms with Gasteiger partial charge < -0.3 is 0 Å². The van der Waals surface area contributed by atoms with Gasteiger partial charge in [-0.15, -0.1) is 0 Å². The fraction of sp³-hybridized carbons (Fsp3) is 0.194. The molecule has 2 amide bonds. The van der Waals surface area contributed by atoms with Gasteiger partial charge in [-0.2, -0.15) is 0 Å². The van der Waals surface area contributed by atoms with Crippen molar-refractivity contribution in [1.29, 1.82) is 0 Å². The first-order chi connectivity index (χ1) is 19.4. The summed E-state index contributed by atoms with van der Waals surface area (Å²) in [6.45, 7) is 6.50. The van der Waals surface area contributed by atoms with Crippen molar-refractivity contribution < 1.29 is 35.6 Å². The maximum absolute atomic E-state index is 13.5. The second-order valence-electron chi connectivity index (χ2n) is 9.50. The Morgan fingerprint density at radius 1 is 0.950 bits per heavy atom. The van der Waals surface area contributed by atoms with Crippen molar-refractivity contribution in [1.82, 2.24) is 15.3 Å². The van der Waals surface area contributed by atoms with E-state index in [0.29, 0.717) is 34.7 Å². The van der Waals surface area contributed by atoms with Gasteiger partial charge in [-0.05, 0) is 43.7 Å². The van der Waals surface area contributed by atoms with Crippen molar-refractivity contribution in [2.45, 2.75) is 33.6 Å². The van der Waals surface area contributed by atoms with E-state index >= 15 is 0 Å². The summed E-state index contributed by atoms with van der Waals surface area (Å²) in [4.78, 5) is 40.7. The SMILES string of the molecule is CC1=NOC(CCCNC(=O)c2ccc(NC(=O)c3cc(-c4ccccn4)nc4c(C)cc(C)cc34)cc2)=C[I-]1. The van der Waals surface area contributed by atoms with Gasteiger partial charge in [-0.1, -0.05) is 17.7 Å². The number of nitrogens with one attached hydrogen (secondary N) is 2. The van der Waals surface area contributed by atoms with Crippen LogP contribution in [0.4, 0.5) is 5.69 Å². The average molecular weight is 647 g/mol. The Morgan fingerprint density at radius 2 is 1.77 bits per heavy atom. The number of aromatic nitrogens is 2. The molecule has 0 atom stereocenters. The Kier molecular flexibility index (Phi) is 8.49. The van der Waals surface area contributed by atoms with E-state index in [9.17, 15) is 9.59 Å². The predicted octanol–water partition coefficient (Wildman–Crippen LogP) is 2.97. The van der Waals surface area contributed by atoms with Crippen LogP contribution in [0.15, 0.2) is 81.9 Å². The number of benzene rings is 2. The normalized spacial score (nSPS) is 13.0. The zero-order chi connectivity index (χ0) is 28.1. The molecule has 2 N–H and O–H groups in total. The van der Waals surface area contributed by atoms with Gasteiger partial charge in [-0.3, -0.25) is 9.78 Å². The summed E-state index contributed by atoms with van der Waals surface area (Å²) in [6, 6.07) is 18.3. The zero-order valence-electron chi connectivity index (χ0n) is 22.5. The van der Waals surface area contributed by atoms with E-state index in [1.165, 1.54) is 0 Å². The minimum atomic E-state index is -0.257. The molecular weight excluding hydrogens is 617 g/mol. The Morgan fingerprint density at radius 3 is 2.50 bits per heavy atom. The molecule has 1 aliphatic rings. The molecule has 4 aromatic rings. The third-order valence-electron chi connectivity index (χ3n) is 6.33. The van der Waals surface area contributed by atoms with Gasteiger partial charge in [0.25, 0.3) is 5.91 Å². The third-order valence-corrected chi connectivity index (χ3v) is 8.44. The Balaban J connectivity index is 1.27. The number of nitrogens with zero attached hydrogens (tertiary/aromatic N) is 3. The Labute approximate surface area is 243 Å². The number of amides is 2. The molecule has 40 heavy (non-hydrogen) atoms. The summed E-state index contributed by atoms with van der Waals surface area (Å²) in [5, 5.41) is 10.7. The fourth-order valence-corrected chi connectivity index (χ4v) is 5.82. The summed E-state index contributed by atoms with van der Waals surface area (Å²) in [6.07, 6.45) is 3.22. The number of carbonyl (C=O) groups is 2. The topological polar surface area (TPSA) is 106 Å². The van der Waals surface area contributed by atoms with Crippen molar-refractivity contribution in [3.05, 3.63) is 99.0 Å². The van der Waals surface area contributed by atoms with Gasteiger partial charge in [-0.25, -0.2) is 4.98 Å². The Bertz CT molecular complexity index is 1630. The summed E-state index contributed by atoms with van der Waals surface area (Å²) in [7, 11) is 0. The van der Waals surface area contributed by atoms with E-state index in [4.69, 9.17) is 9.82 Å². The van der Waals surface area contributed by atoms with E-state index in [-0.39, 0.29) is 33.0 Å². The fourth-order valence-electron chi connectivity index (χ4n) is 4.39. The number of fused-ring (bicyclic) bond motifs is 1. The molecule has 0 aliphatic carbocycles. The average Bonchev–Trinajstić information content (AvgIpc) is 2.96. The number of anilines is 1. The molecule has 1 aliphatic heterocycles. The molecule has 0 saturated carbocycles. The van der Waals surface area contributed by atoms with Crippen molar-refractivity contribution in [2.75, 3.05) is 11.9 Å². The second-order valence-corrected chi connectivity index (χ2v) is 12.3.